The van der Waals surface area contributed by atoms with Crippen LogP contribution in [0, 0.1) is 0 Å². The van der Waals surface area contributed by atoms with E-state index in [1.807, 2.05) is 0 Å². The van der Waals surface area contributed by atoms with Crippen molar-refractivity contribution < 1.29 is 4.74 Å². The SMILES string of the molecule is CC(C)N1CCOC(C(N)c2cccc(C3CCC3)c2)C1. The van der Waals surface area contributed by atoms with Crippen LogP contribution in [0.2, 0.25) is 0 Å². The molecule has 1 saturated carbocycles. The normalized spacial score (nSPS) is 25.8. The molecule has 1 saturated heterocycles. The summed E-state index contributed by atoms with van der Waals surface area (Å²) in [6.07, 6.45) is 4.15. The van der Waals surface area contributed by atoms with Gasteiger partial charge in [0.25, 0.3) is 0 Å². The van der Waals surface area contributed by atoms with Gasteiger partial charge in [-0.2, -0.15) is 0 Å². The number of hydrogen-bond acceptors (Lipinski definition) is 3. The fourth-order valence-corrected chi connectivity index (χ4v) is 3.36. The predicted molar refractivity (Wildman–Crippen MR) is 86.4 cm³/mol. The Bertz CT molecular complexity index is 470. The molecule has 0 spiro atoms. The van der Waals surface area contributed by atoms with Crippen LogP contribution in [0.25, 0.3) is 0 Å². The first-order chi connectivity index (χ1) is 10.1. The second kappa shape index (κ2) is 6.47. The van der Waals surface area contributed by atoms with Crippen LogP contribution in [-0.4, -0.2) is 36.7 Å². The van der Waals surface area contributed by atoms with Gasteiger partial charge in [0.15, 0.2) is 0 Å². The molecular weight excluding hydrogens is 260 g/mol. The monoisotopic (exact) mass is 288 g/mol. The first-order valence-corrected chi connectivity index (χ1v) is 8.36. The van der Waals surface area contributed by atoms with E-state index < -0.39 is 0 Å². The number of morpholine rings is 1. The Balaban J connectivity index is 1.70. The van der Waals surface area contributed by atoms with Crippen LogP contribution in [0.3, 0.4) is 0 Å². The Morgan fingerprint density at radius 3 is 2.76 bits per heavy atom. The molecular formula is C18H28N2O. The highest BCUT2D eigenvalue weighted by Gasteiger charge is 2.28. The third kappa shape index (κ3) is 3.31. The van der Waals surface area contributed by atoms with Gasteiger partial charge in [0.05, 0.1) is 18.8 Å². The highest BCUT2D eigenvalue weighted by Crippen LogP contribution is 2.37. The van der Waals surface area contributed by atoms with Gasteiger partial charge in [-0.1, -0.05) is 30.7 Å². The van der Waals surface area contributed by atoms with Gasteiger partial charge in [0.1, 0.15) is 0 Å². The molecule has 0 bridgehead atoms. The minimum Gasteiger partial charge on any atom is -0.374 e. The van der Waals surface area contributed by atoms with E-state index in [0.29, 0.717) is 6.04 Å². The summed E-state index contributed by atoms with van der Waals surface area (Å²) < 4.78 is 5.95. The molecule has 0 aromatic heterocycles. The lowest BCUT2D eigenvalue weighted by molar-refractivity contribution is -0.0502. The lowest BCUT2D eigenvalue weighted by Gasteiger charge is -2.38. The largest absolute Gasteiger partial charge is 0.374 e. The molecule has 116 valence electrons. The van der Waals surface area contributed by atoms with Gasteiger partial charge < -0.3 is 10.5 Å². The molecule has 1 aliphatic heterocycles. The van der Waals surface area contributed by atoms with E-state index >= 15 is 0 Å². The maximum absolute atomic E-state index is 6.51. The molecule has 3 heteroatoms. The van der Waals surface area contributed by atoms with Crippen molar-refractivity contribution in [1.82, 2.24) is 4.90 Å². The predicted octanol–water partition coefficient (Wildman–Crippen LogP) is 3.06. The minimum absolute atomic E-state index is 0.0217. The molecule has 21 heavy (non-hydrogen) atoms. The Morgan fingerprint density at radius 1 is 1.29 bits per heavy atom. The summed E-state index contributed by atoms with van der Waals surface area (Å²) in [5.74, 6) is 0.761. The molecule has 3 nitrogen and oxygen atoms in total. The lowest BCUT2D eigenvalue weighted by atomic mass is 9.79. The molecule has 0 radical (unpaired) electrons. The summed E-state index contributed by atoms with van der Waals surface area (Å²) in [4.78, 5) is 2.46. The zero-order valence-corrected chi connectivity index (χ0v) is 13.3. The highest BCUT2D eigenvalue weighted by molar-refractivity contribution is 5.30. The molecule has 2 unspecified atom stereocenters. The smallest absolute Gasteiger partial charge is 0.0894 e. The number of nitrogens with two attached hydrogens (primary N) is 1. The average molecular weight is 288 g/mol. The number of nitrogens with zero attached hydrogens (tertiary/aromatic N) is 1. The number of ether oxygens (including phenoxy) is 1. The quantitative estimate of drug-likeness (QED) is 0.925. The number of benzene rings is 1. The van der Waals surface area contributed by atoms with Crippen molar-refractivity contribution in [3.05, 3.63) is 35.4 Å². The van der Waals surface area contributed by atoms with Crippen LogP contribution in [-0.2, 0) is 4.74 Å². The zero-order valence-electron chi connectivity index (χ0n) is 13.3. The van der Waals surface area contributed by atoms with Crippen molar-refractivity contribution in [2.24, 2.45) is 5.73 Å². The van der Waals surface area contributed by atoms with E-state index in [9.17, 15) is 0 Å². The fraction of sp³-hybridized carbons (Fsp3) is 0.667. The van der Waals surface area contributed by atoms with E-state index in [-0.39, 0.29) is 12.1 Å². The number of hydrogen-bond donors (Lipinski definition) is 1. The van der Waals surface area contributed by atoms with Crippen LogP contribution in [0.5, 0.6) is 0 Å². The summed E-state index contributed by atoms with van der Waals surface area (Å²) in [6, 6.07) is 9.42. The van der Waals surface area contributed by atoms with E-state index in [1.54, 1.807) is 0 Å². The molecule has 2 N–H and O–H groups in total. The van der Waals surface area contributed by atoms with Gasteiger partial charge >= 0.3 is 0 Å². The van der Waals surface area contributed by atoms with Crippen LogP contribution in [0.4, 0.5) is 0 Å². The maximum atomic E-state index is 6.51. The summed E-state index contributed by atoms with van der Waals surface area (Å²) in [5.41, 5.74) is 9.20. The third-order valence-electron chi connectivity index (χ3n) is 5.13. The van der Waals surface area contributed by atoms with E-state index in [0.717, 1.165) is 25.6 Å². The highest BCUT2D eigenvalue weighted by atomic mass is 16.5. The Hall–Kier alpha value is -0.900. The van der Waals surface area contributed by atoms with Crippen molar-refractivity contribution in [3.8, 4) is 0 Å². The molecule has 0 amide bonds. The van der Waals surface area contributed by atoms with Crippen molar-refractivity contribution in [2.75, 3.05) is 19.7 Å². The number of rotatable bonds is 4. The molecule has 1 heterocycles. The van der Waals surface area contributed by atoms with Crippen LogP contribution in [0.15, 0.2) is 24.3 Å². The third-order valence-corrected chi connectivity index (χ3v) is 5.13. The molecule has 1 aliphatic carbocycles. The molecule has 1 aromatic rings. The van der Waals surface area contributed by atoms with E-state index in [2.05, 4.69) is 43.0 Å². The second-order valence-corrected chi connectivity index (χ2v) is 6.82. The summed E-state index contributed by atoms with van der Waals surface area (Å²) >= 11 is 0. The molecule has 2 fully saturated rings. The average Bonchev–Trinajstić information content (AvgIpc) is 2.45. The Morgan fingerprint density at radius 2 is 2.10 bits per heavy atom. The van der Waals surface area contributed by atoms with Gasteiger partial charge in [-0.15, -0.1) is 0 Å². The summed E-state index contributed by atoms with van der Waals surface area (Å²) in [7, 11) is 0. The fourth-order valence-electron chi connectivity index (χ4n) is 3.36. The van der Waals surface area contributed by atoms with Gasteiger partial charge in [0, 0.05) is 19.1 Å². The summed E-state index contributed by atoms with van der Waals surface area (Å²) in [5, 5.41) is 0. The molecule has 3 rings (SSSR count). The minimum atomic E-state index is -0.0217. The van der Waals surface area contributed by atoms with Gasteiger partial charge in [0.2, 0.25) is 0 Å². The van der Waals surface area contributed by atoms with Gasteiger partial charge in [-0.3, -0.25) is 4.90 Å². The van der Waals surface area contributed by atoms with Gasteiger partial charge in [-0.25, -0.2) is 0 Å². The van der Waals surface area contributed by atoms with E-state index in [4.69, 9.17) is 10.5 Å². The maximum Gasteiger partial charge on any atom is 0.0894 e. The topological polar surface area (TPSA) is 38.5 Å². The summed E-state index contributed by atoms with van der Waals surface area (Å²) in [6.45, 7) is 7.23. The molecule has 2 atom stereocenters. The first kappa shape index (κ1) is 15.0. The second-order valence-electron chi connectivity index (χ2n) is 6.82. The Kier molecular flexibility index (Phi) is 4.63. The molecule has 1 aromatic carbocycles. The zero-order chi connectivity index (χ0) is 14.8. The first-order valence-electron chi connectivity index (χ1n) is 8.36. The molecule has 2 aliphatic rings. The van der Waals surface area contributed by atoms with Crippen molar-refractivity contribution in [1.29, 1.82) is 0 Å². The van der Waals surface area contributed by atoms with Crippen molar-refractivity contribution >= 4 is 0 Å². The van der Waals surface area contributed by atoms with Crippen molar-refractivity contribution in [2.45, 2.75) is 57.2 Å². The standard InChI is InChI=1S/C18H28N2O/c1-13(2)20-9-10-21-17(12-20)18(19)16-8-4-7-15(11-16)14-5-3-6-14/h4,7-8,11,13-14,17-18H,3,5-6,9-10,12,19H2,1-2H3. The van der Waals surface area contributed by atoms with Crippen LogP contribution < -0.4 is 5.73 Å². The Labute approximate surface area is 128 Å². The van der Waals surface area contributed by atoms with Crippen LogP contribution >= 0.6 is 0 Å². The van der Waals surface area contributed by atoms with E-state index in [1.165, 1.54) is 30.4 Å². The lowest BCUT2D eigenvalue weighted by Crippen LogP contribution is -2.49. The van der Waals surface area contributed by atoms with Crippen LogP contribution in [0.1, 0.15) is 56.2 Å². The van der Waals surface area contributed by atoms with Crippen molar-refractivity contribution in [3.63, 3.8) is 0 Å². The van der Waals surface area contributed by atoms with Gasteiger partial charge in [-0.05, 0) is 43.7 Å².